The lowest BCUT2D eigenvalue weighted by molar-refractivity contribution is 0.0789. The van der Waals surface area contributed by atoms with Crippen molar-refractivity contribution in [3.63, 3.8) is 0 Å². The van der Waals surface area contributed by atoms with E-state index in [9.17, 15) is 14.6 Å². The molecule has 8 heteroatoms. The molecule has 0 aliphatic carbocycles. The fraction of sp³-hybridized carbons (Fsp3) is 0.0870. The molecule has 1 aliphatic rings. The summed E-state index contributed by atoms with van der Waals surface area (Å²) in [6, 6.07) is 11.2. The van der Waals surface area contributed by atoms with Crippen molar-refractivity contribution in [3.8, 4) is 5.75 Å². The van der Waals surface area contributed by atoms with Gasteiger partial charge in [-0.05, 0) is 42.0 Å². The van der Waals surface area contributed by atoms with Crippen molar-refractivity contribution in [1.29, 1.82) is 0 Å². The molecule has 156 valence electrons. The van der Waals surface area contributed by atoms with Crippen molar-refractivity contribution in [2.24, 2.45) is 0 Å². The van der Waals surface area contributed by atoms with Gasteiger partial charge < -0.3 is 19.7 Å². The predicted octanol–water partition coefficient (Wildman–Crippen LogP) is 5.42. The van der Waals surface area contributed by atoms with Crippen LogP contribution in [0.3, 0.4) is 0 Å². The Bertz CT molecular complexity index is 1320. The number of hydrogen-bond donors (Lipinski definition) is 2. The van der Waals surface area contributed by atoms with E-state index in [-0.39, 0.29) is 11.6 Å². The summed E-state index contributed by atoms with van der Waals surface area (Å²) in [5, 5.41) is 23.0. The molecule has 0 radical (unpaired) electrons. The van der Waals surface area contributed by atoms with E-state index in [1.165, 1.54) is 24.5 Å². The second-order valence-corrected chi connectivity index (χ2v) is 8.18. The third kappa shape index (κ3) is 3.24. The molecule has 5 nitrogen and oxygen atoms in total. The summed E-state index contributed by atoms with van der Waals surface area (Å²) in [7, 11) is 0. The molecular formula is C23H16Cl2FN3O2. The highest BCUT2D eigenvalue weighted by Crippen LogP contribution is 2.47. The van der Waals surface area contributed by atoms with Crippen LogP contribution < -0.4 is 4.90 Å². The molecule has 31 heavy (non-hydrogen) atoms. The van der Waals surface area contributed by atoms with Crippen molar-refractivity contribution in [2.75, 3.05) is 4.90 Å². The SMILES string of the molecule is Oc1ccc2c(c1)c(C1(O)C=CN1c1c(Cl)cncc1Cl)cn2Cc1ccc(F)cc1. The average Bonchev–Trinajstić information content (AvgIpc) is 3.08. The van der Waals surface area contributed by atoms with Gasteiger partial charge >= 0.3 is 0 Å². The van der Waals surface area contributed by atoms with Gasteiger partial charge in [0.15, 0.2) is 5.72 Å². The molecule has 3 heterocycles. The van der Waals surface area contributed by atoms with Gasteiger partial charge in [0.05, 0.1) is 15.7 Å². The van der Waals surface area contributed by atoms with Gasteiger partial charge in [-0.2, -0.15) is 0 Å². The van der Waals surface area contributed by atoms with Crippen LogP contribution in [0.4, 0.5) is 10.1 Å². The van der Waals surface area contributed by atoms with Gasteiger partial charge in [0.25, 0.3) is 0 Å². The molecule has 2 N–H and O–H groups in total. The minimum Gasteiger partial charge on any atom is -0.508 e. The van der Waals surface area contributed by atoms with E-state index >= 15 is 0 Å². The summed E-state index contributed by atoms with van der Waals surface area (Å²) in [6.45, 7) is 0.456. The highest BCUT2D eigenvalue weighted by Gasteiger charge is 2.43. The molecule has 0 bridgehead atoms. The number of aliphatic hydroxyl groups is 1. The number of benzene rings is 2. The molecule has 0 saturated heterocycles. The average molecular weight is 456 g/mol. The number of pyridine rings is 1. The lowest BCUT2D eigenvalue weighted by Crippen LogP contribution is -2.48. The largest absolute Gasteiger partial charge is 0.508 e. The van der Waals surface area contributed by atoms with E-state index in [0.29, 0.717) is 33.2 Å². The van der Waals surface area contributed by atoms with Crippen LogP contribution in [0.1, 0.15) is 11.1 Å². The minimum absolute atomic E-state index is 0.0757. The Labute approximate surface area is 187 Å². The normalized spacial score (nSPS) is 17.9. The Morgan fingerprint density at radius 2 is 1.74 bits per heavy atom. The molecule has 2 aromatic heterocycles. The monoisotopic (exact) mass is 455 g/mol. The van der Waals surface area contributed by atoms with Gasteiger partial charge in [-0.25, -0.2) is 4.39 Å². The van der Waals surface area contributed by atoms with Crippen LogP contribution in [-0.2, 0) is 12.3 Å². The Morgan fingerprint density at radius 3 is 2.39 bits per heavy atom. The first-order valence-corrected chi connectivity index (χ1v) is 10.2. The fourth-order valence-corrected chi connectivity index (χ4v) is 4.43. The fourth-order valence-electron chi connectivity index (χ4n) is 3.89. The Hall–Kier alpha value is -3.06. The number of aromatic nitrogens is 2. The number of phenols is 1. The zero-order valence-corrected chi connectivity index (χ0v) is 17.5. The van der Waals surface area contributed by atoms with E-state index in [2.05, 4.69) is 4.98 Å². The molecule has 1 atom stereocenters. The molecular weight excluding hydrogens is 440 g/mol. The number of nitrogens with zero attached hydrogens (tertiary/aromatic N) is 3. The standard InChI is InChI=1S/C23H16Cl2FN3O2/c24-19-10-27-11-20(25)22(19)29-8-7-23(29,31)18-13-28(12-14-1-3-15(26)4-2-14)21-6-5-16(30)9-17(18)21/h1-11,13,30-31H,12H2. The molecule has 1 unspecified atom stereocenters. The smallest absolute Gasteiger partial charge is 0.191 e. The van der Waals surface area contributed by atoms with E-state index in [0.717, 1.165) is 11.1 Å². The quantitative estimate of drug-likeness (QED) is 0.431. The maximum absolute atomic E-state index is 13.3. The minimum atomic E-state index is -1.53. The van der Waals surface area contributed by atoms with Gasteiger partial charge in [-0.1, -0.05) is 35.3 Å². The molecule has 2 aromatic carbocycles. The molecule has 1 aliphatic heterocycles. The molecule has 0 saturated carbocycles. The summed E-state index contributed by atoms with van der Waals surface area (Å²) in [4.78, 5) is 5.53. The second kappa shape index (κ2) is 7.27. The van der Waals surface area contributed by atoms with Crippen LogP contribution in [-0.4, -0.2) is 19.8 Å². The van der Waals surface area contributed by atoms with Gasteiger partial charge in [0.2, 0.25) is 0 Å². The first-order chi connectivity index (χ1) is 14.9. The number of rotatable bonds is 4. The van der Waals surface area contributed by atoms with Crippen molar-refractivity contribution >= 4 is 39.8 Å². The lowest BCUT2D eigenvalue weighted by Gasteiger charge is -2.44. The molecule has 0 spiro atoms. The second-order valence-electron chi connectivity index (χ2n) is 7.36. The summed E-state index contributed by atoms with van der Waals surface area (Å²) >= 11 is 12.6. The predicted molar refractivity (Wildman–Crippen MR) is 119 cm³/mol. The van der Waals surface area contributed by atoms with Crippen molar-refractivity contribution in [2.45, 2.75) is 12.3 Å². The number of fused-ring (bicyclic) bond motifs is 1. The summed E-state index contributed by atoms with van der Waals surface area (Å²) in [6.07, 6.45) is 8.03. The van der Waals surface area contributed by atoms with E-state index in [1.807, 2.05) is 10.8 Å². The number of anilines is 1. The number of aromatic hydroxyl groups is 1. The van der Waals surface area contributed by atoms with Crippen LogP contribution in [0.25, 0.3) is 10.9 Å². The molecule has 0 fully saturated rings. The third-order valence-electron chi connectivity index (χ3n) is 5.42. The van der Waals surface area contributed by atoms with Crippen molar-refractivity contribution < 1.29 is 14.6 Å². The topological polar surface area (TPSA) is 61.5 Å². The van der Waals surface area contributed by atoms with Crippen LogP contribution in [0.15, 0.2) is 73.3 Å². The van der Waals surface area contributed by atoms with Crippen molar-refractivity contribution in [3.05, 3.63) is 100 Å². The van der Waals surface area contributed by atoms with Crippen LogP contribution in [0.5, 0.6) is 5.75 Å². The molecule has 4 aromatic rings. The van der Waals surface area contributed by atoms with E-state index in [4.69, 9.17) is 23.2 Å². The Morgan fingerprint density at radius 1 is 1.03 bits per heavy atom. The zero-order valence-electron chi connectivity index (χ0n) is 16.0. The van der Waals surface area contributed by atoms with E-state index in [1.54, 1.807) is 47.5 Å². The number of hydrogen-bond acceptors (Lipinski definition) is 4. The highest BCUT2D eigenvalue weighted by atomic mass is 35.5. The van der Waals surface area contributed by atoms with Crippen molar-refractivity contribution in [1.82, 2.24) is 9.55 Å². The van der Waals surface area contributed by atoms with Gasteiger partial charge in [-0.3, -0.25) is 4.98 Å². The van der Waals surface area contributed by atoms with E-state index < -0.39 is 5.72 Å². The molecule has 5 rings (SSSR count). The zero-order chi connectivity index (χ0) is 21.8. The summed E-state index contributed by atoms with van der Waals surface area (Å²) in [5.74, 6) is -0.228. The maximum atomic E-state index is 13.3. The Balaban J connectivity index is 1.64. The molecule has 0 amide bonds. The van der Waals surface area contributed by atoms with Crippen LogP contribution >= 0.6 is 23.2 Å². The maximum Gasteiger partial charge on any atom is 0.191 e. The van der Waals surface area contributed by atoms with Gasteiger partial charge in [0.1, 0.15) is 11.6 Å². The van der Waals surface area contributed by atoms with Gasteiger partial charge in [0, 0.05) is 47.8 Å². The highest BCUT2D eigenvalue weighted by molar-refractivity contribution is 6.39. The summed E-state index contributed by atoms with van der Waals surface area (Å²) in [5.41, 5.74) is 1.15. The Kier molecular flexibility index (Phi) is 4.66. The number of halogens is 3. The third-order valence-corrected chi connectivity index (χ3v) is 5.97. The number of phenolic OH excluding ortho intramolecular Hbond substituents is 1. The lowest BCUT2D eigenvalue weighted by atomic mass is 9.95. The van der Waals surface area contributed by atoms with Gasteiger partial charge in [-0.15, -0.1) is 0 Å². The van der Waals surface area contributed by atoms with Crippen LogP contribution in [0, 0.1) is 5.82 Å². The first kappa shape index (κ1) is 19.9. The first-order valence-electron chi connectivity index (χ1n) is 9.43. The van der Waals surface area contributed by atoms with Crippen LogP contribution in [0.2, 0.25) is 10.0 Å². The summed E-state index contributed by atoms with van der Waals surface area (Å²) < 4.78 is 15.2.